The lowest BCUT2D eigenvalue weighted by atomic mass is 9.82. The van der Waals surface area contributed by atoms with Gasteiger partial charge in [0.1, 0.15) is 6.10 Å². The molecule has 7 heteroatoms. The predicted octanol–water partition coefficient (Wildman–Crippen LogP) is 2.83. The van der Waals surface area contributed by atoms with Crippen LogP contribution in [0.4, 0.5) is 0 Å². The standard InChI is InChI=1S/C18H15N3O4/c19-21-20-8-7-15(22)16(23)10-5-6-13-14(9-10)11-3-1-2-4-12(11)17(24)18(13)25/h1-6,9,15-16,22-23H,7-8H2. The molecule has 1 aliphatic carbocycles. The van der Waals surface area contributed by atoms with Gasteiger partial charge in [0.2, 0.25) is 11.6 Å². The molecule has 0 saturated carbocycles. The van der Waals surface area contributed by atoms with Gasteiger partial charge < -0.3 is 10.2 Å². The highest BCUT2D eigenvalue weighted by atomic mass is 16.3. The van der Waals surface area contributed by atoms with Crippen LogP contribution < -0.4 is 0 Å². The van der Waals surface area contributed by atoms with E-state index in [2.05, 4.69) is 10.0 Å². The molecule has 0 radical (unpaired) electrons. The van der Waals surface area contributed by atoms with Crippen molar-refractivity contribution in [1.29, 1.82) is 0 Å². The number of aliphatic hydroxyl groups is 2. The lowest BCUT2D eigenvalue weighted by molar-refractivity contribution is 0.0150. The Labute approximate surface area is 143 Å². The van der Waals surface area contributed by atoms with Crippen molar-refractivity contribution in [3.05, 3.63) is 69.6 Å². The molecule has 0 aromatic heterocycles. The van der Waals surface area contributed by atoms with Crippen LogP contribution in [-0.4, -0.2) is 34.4 Å². The Balaban J connectivity index is 1.98. The number of ketones is 2. The minimum atomic E-state index is -1.20. The summed E-state index contributed by atoms with van der Waals surface area (Å²) in [6.07, 6.45) is -2.20. The number of azide groups is 1. The van der Waals surface area contributed by atoms with Gasteiger partial charge in [-0.2, -0.15) is 0 Å². The molecule has 2 aromatic carbocycles. The topological polar surface area (TPSA) is 123 Å². The average Bonchev–Trinajstić information content (AvgIpc) is 2.65. The molecule has 25 heavy (non-hydrogen) atoms. The van der Waals surface area contributed by atoms with Crippen molar-refractivity contribution in [1.82, 2.24) is 0 Å². The fraction of sp³-hybridized carbons (Fsp3) is 0.222. The van der Waals surface area contributed by atoms with Crippen LogP contribution in [0.5, 0.6) is 0 Å². The molecular formula is C18H15N3O4. The number of fused-ring (bicyclic) bond motifs is 3. The third kappa shape index (κ3) is 3.04. The number of aliphatic hydroxyl groups excluding tert-OH is 2. The van der Waals surface area contributed by atoms with Crippen molar-refractivity contribution in [2.75, 3.05) is 6.54 Å². The lowest BCUT2D eigenvalue weighted by Crippen LogP contribution is -2.23. The Bertz CT molecular complexity index is 903. The van der Waals surface area contributed by atoms with Gasteiger partial charge >= 0.3 is 0 Å². The van der Waals surface area contributed by atoms with Crippen LogP contribution in [0.3, 0.4) is 0 Å². The Kier molecular flexibility index (Phi) is 4.63. The molecule has 0 aliphatic heterocycles. The minimum Gasteiger partial charge on any atom is -0.390 e. The maximum Gasteiger partial charge on any atom is 0.234 e. The van der Waals surface area contributed by atoms with Crippen molar-refractivity contribution >= 4 is 11.6 Å². The monoisotopic (exact) mass is 337 g/mol. The van der Waals surface area contributed by atoms with Crippen molar-refractivity contribution in [2.45, 2.75) is 18.6 Å². The first-order chi connectivity index (χ1) is 12.0. The number of carbonyl (C=O) groups excluding carboxylic acids is 2. The normalized spacial score (nSPS) is 15.0. The van der Waals surface area contributed by atoms with Gasteiger partial charge in [0.05, 0.1) is 6.10 Å². The van der Waals surface area contributed by atoms with Crippen molar-refractivity contribution in [2.24, 2.45) is 5.11 Å². The van der Waals surface area contributed by atoms with E-state index in [4.69, 9.17) is 5.53 Å². The Morgan fingerprint density at radius 3 is 2.28 bits per heavy atom. The molecule has 1 aliphatic rings. The van der Waals surface area contributed by atoms with Crippen LogP contribution in [0.1, 0.15) is 38.8 Å². The average molecular weight is 337 g/mol. The summed E-state index contributed by atoms with van der Waals surface area (Å²) in [6.45, 7) is 0.0650. The Hall–Kier alpha value is -2.99. The third-order valence-electron chi connectivity index (χ3n) is 4.25. The number of nitrogens with zero attached hydrogens (tertiary/aromatic N) is 3. The molecule has 0 heterocycles. The second-order valence-electron chi connectivity index (χ2n) is 5.76. The van der Waals surface area contributed by atoms with Crippen molar-refractivity contribution in [3.63, 3.8) is 0 Å². The van der Waals surface area contributed by atoms with Gasteiger partial charge in [0.25, 0.3) is 0 Å². The van der Waals surface area contributed by atoms with Gasteiger partial charge in [-0.15, -0.1) is 0 Å². The van der Waals surface area contributed by atoms with E-state index in [1.165, 1.54) is 12.1 Å². The van der Waals surface area contributed by atoms with E-state index in [-0.39, 0.29) is 18.5 Å². The first kappa shape index (κ1) is 16.9. The molecule has 2 aromatic rings. The molecule has 0 saturated heterocycles. The molecule has 2 N–H and O–H groups in total. The van der Waals surface area contributed by atoms with Crippen molar-refractivity contribution < 1.29 is 19.8 Å². The first-order valence-electron chi connectivity index (χ1n) is 7.74. The SMILES string of the molecule is [N-]=[N+]=NCCC(O)C(O)c1ccc2c(c1)-c1ccccc1C(=O)C2=O. The van der Waals surface area contributed by atoms with E-state index in [0.717, 1.165) is 0 Å². The molecule has 7 nitrogen and oxygen atoms in total. The number of hydrogen-bond acceptors (Lipinski definition) is 5. The van der Waals surface area contributed by atoms with Crippen LogP contribution in [0, 0.1) is 0 Å². The van der Waals surface area contributed by atoms with E-state index in [9.17, 15) is 19.8 Å². The van der Waals surface area contributed by atoms with Gasteiger partial charge in [-0.05, 0) is 40.8 Å². The molecule has 0 spiro atoms. The Morgan fingerprint density at radius 2 is 1.60 bits per heavy atom. The summed E-state index contributed by atoms with van der Waals surface area (Å²) in [4.78, 5) is 27.0. The predicted molar refractivity (Wildman–Crippen MR) is 90.1 cm³/mol. The highest BCUT2D eigenvalue weighted by molar-refractivity contribution is 6.52. The van der Waals surface area contributed by atoms with Gasteiger partial charge in [-0.3, -0.25) is 9.59 Å². The summed E-state index contributed by atoms with van der Waals surface area (Å²) in [5.41, 5.74) is 10.5. The second-order valence-corrected chi connectivity index (χ2v) is 5.76. The zero-order valence-electron chi connectivity index (χ0n) is 13.2. The molecule has 2 unspecified atom stereocenters. The second kappa shape index (κ2) is 6.86. The van der Waals surface area contributed by atoms with E-state index < -0.39 is 23.8 Å². The summed E-state index contributed by atoms with van der Waals surface area (Å²) in [5.74, 6) is -1.13. The van der Waals surface area contributed by atoms with Crippen LogP contribution >= 0.6 is 0 Å². The molecule has 0 fully saturated rings. The molecule has 3 rings (SSSR count). The number of Topliss-reactive ketones (excluding diaryl/α,β-unsaturated/α-hetero) is 2. The Morgan fingerprint density at radius 1 is 0.960 bits per heavy atom. The van der Waals surface area contributed by atoms with Gasteiger partial charge in [-0.25, -0.2) is 0 Å². The number of hydrogen-bond donors (Lipinski definition) is 2. The van der Waals surface area contributed by atoms with E-state index in [0.29, 0.717) is 22.3 Å². The quantitative estimate of drug-likeness (QED) is 0.377. The summed E-state index contributed by atoms with van der Waals surface area (Å²) in [7, 11) is 0. The molecule has 2 atom stereocenters. The first-order valence-corrected chi connectivity index (χ1v) is 7.74. The zero-order valence-corrected chi connectivity index (χ0v) is 13.2. The maximum absolute atomic E-state index is 12.3. The number of carbonyl (C=O) groups is 2. The van der Waals surface area contributed by atoms with Crippen LogP contribution in [0.15, 0.2) is 47.6 Å². The van der Waals surface area contributed by atoms with Crippen LogP contribution in [-0.2, 0) is 0 Å². The van der Waals surface area contributed by atoms with E-state index in [1.54, 1.807) is 30.3 Å². The summed E-state index contributed by atoms with van der Waals surface area (Å²) in [6, 6.07) is 11.4. The largest absolute Gasteiger partial charge is 0.390 e. The van der Waals surface area contributed by atoms with E-state index in [1.807, 2.05) is 0 Å². The summed E-state index contributed by atoms with van der Waals surface area (Å²) < 4.78 is 0. The molecule has 0 amide bonds. The van der Waals surface area contributed by atoms with Gasteiger partial charge in [0, 0.05) is 22.6 Å². The minimum absolute atomic E-state index is 0.0650. The highest BCUT2D eigenvalue weighted by Crippen LogP contribution is 2.35. The van der Waals surface area contributed by atoms with Crippen molar-refractivity contribution in [3.8, 4) is 11.1 Å². The smallest absolute Gasteiger partial charge is 0.234 e. The molecule has 0 bridgehead atoms. The number of rotatable bonds is 5. The lowest BCUT2D eigenvalue weighted by Gasteiger charge is -2.22. The van der Waals surface area contributed by atoms with E-state index >= 15 is 0 Å². The summed E-state index contributed by atoms with van der Waals surface area (Å²) in [5, 5.41) is 23.7. The molecular weight excluding hydrogens is 322 g/mol. The number of benzene rings is 2. The summed E-state index contributed by atoms with van der Waals surface area (Å²) >= 11 is 0. The van der Waals surface area contributed by atoms with Crippen LogP contribution in [0.25, 0.3) is 21.6 Å². The highest BCUT2D eigenvalue weighted by Gasteiger charge is 2.31. The zero-order chi connectivity index (χ0) is 18.0. The maximum atomic E-state index is 12.3. The van der Waals surface area contributed by atoms with Crippen LogP contribution in [0.2, 0.25) is 0 Å². The fourth-order valence-corrected chi connectivity index (χ4v) is 2.94. The molecule has 126 valence electrons. The third-order valence-corrected chi connectivity index (χ3v) is 4.25. The van der Waals surface area contributed by atoms with Gasteiger partial charge in [0.15, 0.2) is 0 Å². The van der Waals surface area contributed by atoms with Gasteiger partial charge in [-0.1, -0.05) is 35.4 Å². The fourth-order valence-electron chi connectivity index (χ4n) is 2.94.